The van der Waals surface area contributed by atoms with Crippen LogP contribution >= 0.6 is 0 Å². The van der Waals surface area contributed by atoms with E-state index in [0.29, 0.717) is 12.2 Å². The standard InChI is InChI=1S/C15H28N2O2/c1-11-6-16(7-12(2)19-11)9-15(18)10-17-8-13-3-4-14(17)5-13/h11-15,18H,3-10H2,1-2H3. The van der Waals surface area contributed by atoms with Crippen molar-refractivity contribution < 1.29 is 9.84 Å². The molecule has 1 saturated carbocycles. The van der Waals surface area contributed by atoms with Gasteiger partial charge in [-0.15, -0.1) is 0 Å². The molecule has 110 valence electrons. The van der Waals surface area contributed by atoms with E-state index in [4.69, 9.17) is 4.74 Å². The van der Waals surface area contributed by atoms with E-state index in [1.807, 2.05) is 0 Å². The molecule has 2 heterocycles. The molecule has 0 aromatic carbocycles. The normalized spacial score (nSPS) is 41.8. The minimum absolute atomic E-state index is 0.211. The van der Waals surface area contributed by atoms with Gasteiger partial charge in [-0.1, -0.05) is 0 Å². The van der Waals surface area contributed by atoms with Gasteiger partial charge in [0.1, 0.15) is 0 Å². The van der Waals surface area contributed by atoms with Gasteiger partial charge in [0.2, 0.25) is 0 Å². The van der Waals surface area contributed by atoms with E-state index in [2.05, 4.69) is 23.6 Å². The Kier molecular flexibility index (Phi) is 4.13. The topological polar surface area (TPSA) is 35.9 Å². The zero-order valence-electron chi connectivity index (χ0n) is 12.3. The Morgan fingerprint density at radius 3 is 2.42 bits per heavy atom. The zero-order valence-corrected chi connectivity index (χ0v) is 12.3. The molecule has 2 saturated heterocycles. The Balaban J connectivity index is 1.44. The van der Waals surface area contributed by atoms with Crippen molar-refractivity contribution in [3.8, 4) is 0 Å². The molecule has 5 unspecified atom stereocenters. The van der Waals surface area contributed by atoms with Crippen molar-refractivity contribution in [2.24, 2.45) is 5.92 Å². The summed E-state index contributed by atoms with van der Waals surface area (Å²) in [5, 5.41) is 10.3. The predicted molar refractivity (Wildman–Crippen MR) is 75.2 cm³/mol. The smallest absolute Gasteiger partial charge is 0.0793 e. The minimum Gasteiger partial charge on any atom is -0.390 e. The van der Waals surface area contributed by atoms with Gasteiger partial charge in [-0.3, -0.25) is 9.80 Å². The van der Waals surface area contributed by atoms with Crippen LogP contribution in [-0.2, 0) is 4.74 Å². The summed E-state index contributed by atoms with van der Waals surface area (Å²) in [7, 11) is 0. The maximum Gasteiger partial charge on any atom is 0.0793 e. The van der Waals surface area contributed by atoms with Gasteiger partial charge < -0.3 is 9.84 Å². The number of hydrogen-bond donors (Lipinski definition) is 1. The van der Waals surface area contributed by atoms with E-state index >= 15 is 0 Å². The Morgan fingerprint density at radius 1 is 1.11 bits per heavy atom. The van der Waals surface area contributed by atoms with Gasteiger partial charge in [-0.2, -0.15) is 0 Å². The summed E-state index contributed by atoms with van der Waals surface area (Å²) >= 11 is 0. The highest BCUT2D eigenvalue weighted by Crippen LogP contribution is 2.37. The second-order valence-corrected chi connectivity index (χ2v) is 6.92. The molecule has 4 nitrogen and oxygen atoms in total. The van der Waals surface area contributed by atoms with Gasteiger partial charge in [0.05, 0.1) is 18.3 Å². The van der Waals surface area contributed by atoms with Crippen molar-refractivity contribution in [2.75, 3.05) is 32.7 Å². The van der Waals surface area contributed by atoms with Gasteiger partial charge in [-0.05, 0) is 39.0 Å². The number of β-amino-alcohol motifs (C(OH)–C–C–N with tert-alkyl or cyclic N) is 1. The summed E-state index contributed by atoms with van der Waals surface area (Å²) in [4.78, 5) is 4.88. The van der Waals surface area contributed by atoms with Crippen LogP contribution in [0, 0.1) is 5.92 Å². The van der Waals surface area contributed by atoms with Crippen LogP contribution in [0.2, 0.25) is 0 Å². The van der Waals surface area contributed by atoms with Crippen molar-refractivity contribution in [3.05, 3.63) is 0 Å². The molecule has 5 atom stereocenters. The van der Waals surface area contributed by atoms with Crippen molar-refractivity contribution in [1.29, 1.82) is 0 Å². The Hall–Kier alpha value is -0.160. The molecular weight excluding hydrogens is 240 g/mol. The zero-order chi connectivity index (χ0) is 13.4. The van der Waals surface area contributed by atoms with Crippen LogP contribution in [0.1, 0.15) is 33.1 Å². The lowest BCUT2D eigenvalue weighted by Crippen LogP contribution is -2.50. The first-order valence-electron chi connectivity index (χ1n) is 7.90. The third kappa shape index (κ3) is 3.30. The molecule has 1 aliphatic carbocycles. The lowest BCUT2D eigenvalue weighted by Gasteiger charge is -2.37. The monoisotopic (exact) mass is 268 g/mol. The molecule has 0 aromatic rings. The second kappa shape index (κ2) is 5.68. The van der Waals surface area contributed by atoms with Crippen molar-refractivity contribution in [2.45, 2.75) is 57.5 Å². The molecule has 0 amide bonds. The van der Waals surface area contributed by atoms with Gasteiger partial charge in [-0.25, -0.2) is 0 Å². The molecule has 2 bridgehead atoms. The summed E-state index contributed by atoms with van der Waals surface area (Å²) < 4.78 is 5.74. The first kappa shape index (κ1) is 13.8. The van der Waals surface area contributed by atoms with Crippen LogP contribution < -0.4 is 0 Å². The lowest BCUT2D eigenvalue weighted by atomic mass is 10.1. The number of hydrogen-bond acceptors (Lipinski definition) is 4. The number of fused-ring (bicyclic) bond motifs is 2. The molecular formula is C15H28N2O2. The number of piperidine rings is 1. The first-order chi connectivity index (χ1) is 9.10. The Morgan fingerprint density at radius 2 is 1.84 bits per heavy atom. The Labute approximate surface area is 116 Å². The van der Waals surface area contributed by atoms with Crippen molar-refractivity contribution in [3.63, 3.8) is 0 Å². The average Bonchev–Trinajstić information content (AvgIpc) is 2.88. The molecule has 0 radical (unpaired) electrons. The van der Waals surface area contributed by atoms with Crippen molar-refractivity contribution >= 4 is 0 Å². The fourth-order valence-electron chi connectivity index (χ4n) is 4.31. The number of likely N-dealkylation sites (tertiary alicyclic amines) is 1. The van der Waals surface area contributed by atoms with Gasteiger partial charge in [0, 0.05) is 38.8 Å². The van der Waals surface area contributed by atoms with Gasteiger partial charge >= 0.3 is 0 Å². The van der Waals surface area contributed by atoms with Gasteiger partial charge in [0.25, 0.3) is 0 Å². The summed E-state index contributed by atoms with van der Waals surface area (Å²) in [6, 6.07) is 0.766. The van der Waals surface area contributed by atoms with Crippen LogP contribution in [0.3, 0.4) is 0 Å². The maximum atomic E-state index is 10.3. The van der Waals surface area contributed by atoms with E-state index < -0.39 is 0 Å². The third-order valence-electron chi connectivity index (χ3n) is 4.93. The summed E-state index contributed by atoms with van der Waals surface area (Å²) in [6.07, 6.45) is 4.51. The molecule has 3 aliphatic rings. The highest BCUT2D eigenvalue weighted by atomic mass is 16.5. The molecule has 3 rings (SSSR count). The SMILES string of the molecule is CC1CN(CC(O)CN2CC3CCC2C3)CC(C)O1. The average molecular weight is 268 g/mol. The number of nitrogens with zero attached hydrogens (tertiary/aromatic N) is 2. The second-order valence-electron chi connectivity index (χ2n) is 6.92. The number of aliphatic hydroxyl groups is 1. The van der Waals surface area contributed by atoms with E-state index in [0.717, 1.165) is 38.1 Å². The Bertz CT molecular complexity index is 303. The van der Waals surface area contributed by atoms with Crippen LogP contribution in [0.4, 0.5) is 0 Å². The predicted octanol–water partition coefficient (Wildman–Crippen LogP) is 0.941. The van der Waals surface area contributed by atoms with Crippen LogP contribution in [0.5, 0.6) is 0 Å². The highest BCUT2D eigenvalue weighted by molar-refractivity contribution is 4.93. The summed E-state index contributed by atoms with van der Waals surface area (Å²) in [5.41, 5.74) is 0. The molecule has 19 heavy (non-hydrogen) atoms. The largest absolute Gasteiger partial charge is 0.390 e. The van der Waals surface area contributed by atoms with Crippen molar-refractivity contribution in [1.82, 2.24) is 9.80 Å². The fraction of sp³-hybridized carbons (Fsp3) is 1.00. The van der Waals surface area contributed by atoms with E-state index in [1.54, 1.807) is 0 Å². The summed E-state index contributed by atoms with van der Waals surface area (Å²) in [5.74, 6) is 0.917. The van der Waals surface area contributed by atoms with E-state index in [-0.39, 0.29) is 6.10 Å². The summed E-state index contributed by atoms with van der Waals surface area (Å²) in [6.45, 7) is 9.02. The van der Waals surface area contributed by atoms with E-state index in [1.165, 1.54) is 25.8 Å². The number of ether oxygens (including phenoxy) is 1. The minimum atomic E-state index is -0.211. The lowest BCUT2D eigenvalue weighted by molar-refractivity contribution is -0.0784. The van der Waals surface area contributed by atoms with Crippen LogP contribution in [-0.4, -0.2) is 72.0 Å². The highest BCUT2D eigenvalue weighted by Gasteiger charge is 2.38. The molecule has 2 aliphatic heterocycles. The first-order valence-corrected chi connectivity index (χ1v) is 7.90. The number of aliphatic hydroxyl groups excluding tert-OH is 1. The van der Waals surface area contributed by atoms with E-state index in [9.17, 15) is 5.11 Å². The van der Waals surface area contributed by atoms with Crippen LogP contribution in [0.25, 0.3) is 0 Å². The van der Waals surface area contributed by atoms with Gasteiger partial charge in [0.15, 0.2) is 0 Å². The molecule has 4 heteroatoms. The molecule has 1 N–H and O–H groups in total. The fourth-order valence-corrected chi connectivity index (χ4v) is 4.31. The number of rotatable bonds is 4. The quantitative estimate of drug-likeness (QED) is 0.823. The maximum absolute atomic E-state index is 10.3. The molecule has 3 fully saturated rings. The van der Waals surface area contributed by atoms with Crippen LogP contribution in [0.15, 0.2) is 0 Å². The number of morpholine rings is 1. The molecule has 0 spiro atoms. The molecule has 0 aromatic heterocycles. The third-order valence-corrected chi connectivity index (χ3v) is 4.93.